The third-order valence-corrected chi connectivity index (χ3v) is 3.55. The van der Waals surface area contributed by atoms with Crippen molar-refractivity contribution in [1.82, 2.24) is 10.2 Å². The third-order valence-electron chi connectivity index (χ3n) is 3.55. The minimum Gasteiger partial charge on any atom is -0.297 e. The number of imide groups is 1. The van der Waals surface area contributed by atoms with E-state index >= 15 is 0 Å². The quantitative estimate of drug-likeness (QED) is 0.834. The Morgan fingerprint density at radius 1 is 1.16 bits per heavy atom. The van der Waals surface area contributed by atoms with Gasteiger partial charge in [0.25, 0.3) is 0 Å². The normalized spacial score (nSPS) is 19.9. The summed E-state index contributed by atoms with van der Waals surface area (Å²) < 4.78 is 0. The van der Waals surface area contributed by atoms with Crippen molar-refractivity contribution in [2.45, 2.75) is 39.3 Å². The summed E-state index contributed by atoms with van der Waals surface area (Å²) in [6, 6.07) is 7.84. The summed E-state index contributed by atoms with van der Waals surface area (Å²) in [5.74, 6) is -0.257. The second-order valence-electron chi connectivity index (χ2n) is 4.83. The van der Waals surface area contributed by atoms with Crippen molar-refractivity contribution < 1.29 is 9.59 Å². The summed E-state index contributed by atoms with van der Waals surface area (Å²) in [6.45, 7) is 4.67. The van der Waals surface area contributed by atoms with E-state index in [-0.39, 0.29) is 24.4 Å². The molecule has 0 spiro atoms. The first-order chi connectivity index (χ1) is 9.15. The zero-order valence-corrected chi connectivity index (χ0v) is 11.5. The number of nitrogens with zero attached hydrogens (tertiary/aromatic N) is 1. The molecule has 19 heavy (non-hydrogen) atoms. The molecule has 1 unspecified atom stereocenters. The average Bonchev–Trinajstić information content (AvgIpc) is 2.44. The van der Waals surface area contributed by atoms with Crippen LogP contribution in [0.1, 0.15) is 31.4 Å². The van der Waals surface area contributed by atoms with E-state index in [1.807, 2.05) is 31.2 Å². The number of benzene rings is 1. The van der Waals surface area contributed by atoms with E-state index in [0.29, 0.717) is 13.0 Å². The fourth-order valence-corrected chi connectivity index (χ4v) is 2.25. The monoisotopic (exact) mass is 260 g/mol. The van der Waals surface area contributed by atoms with E-state index in [4.69, 9.17) is 0 Å². The summed E-state index contributed by atoms with van der Waals surface area (Å²) >= 11 is 0. The lowest BCUT2D eigenvalue weighted by Gasteiger charge is -2.31. The molecule has 2 rings (SSSR count). The Hall–Kier alpha value is -1.68. The van der Waals surface area contributed by atoms with Gasteiger partial charge >= 0.3 is 0 Å². The highest BCUT2D eigenvalue weighted by Gasteiger charge is 2.32. The first kappa shape index (κ1) is 13.7. The first-order valence-electron chi connectivity index (χ1n) is 6.81. The number of piperazine rings is 1. The Balaban J connectivity index is 2.10. The molecule has 0 aromatic heterocycles. The Morgan fingerprint density at radius 2 is 1.79 bits per heavy atom. The predicted molar refractivity (Wildman–Crippen MR) is 73.5 cm³/mol. The van der Waals surface area contributed by atoms with Crippen molar-refractivity contribution in [3.63, 3.8) is 0 Å². The molecule has 0 aliphatic carbocycles. The Bertz CT molecular complexity index is 468. The van der Waals surface area contributed by atoms with Gasteiger partial charge in [-0.05, 0) is 24.0 Å². The van der Waals surface area contributed by atoms with Crippen LogP contribution in [0.3, 0.4) is 0 Å². The number of hydrogen-bond acceptors (Lipinski definition) is 3. The number of rotatable bonds is 4. The average molecular weight is 260 g/mol. The van der Waals surface area contributed by atoms with E-state index in [9.17, 15) is 9.59 Å². The van der Waals surface area contributed by atoms with Crippen LogP contribution in [0, 0.1) is 0 Å². The predicted octanol–water partition coefficient (Wildman–Crippen LogP) is 1.49. The van der Waals surface area contributed by atoms with Crippen LogP contribution in [0.25, 0.3) is 0 Å². The van der Waals surface area contributed by atoms with Crippen molar-refractivity contribution >= 4 is 11.8 Å². The maximum Gasteiger partial charge on any atom is 0.246 e. The lowest BCUT2D eigenvalue weighted by molar-refractivity contribution is -0.150. The van der Waals surface area contributed by atoms with Crippen molar-refractivity contribution in [3.05, 3.63) is 35.4 Å². The van der Waals surface area contributed by atoms with Crippen LogP contribution in [-0.2, 0) is 22.6 Å². The van der Waals surface area contributed by atoms with E-state index in [1.165, 1.54) is 10.5 Å². The number of amides is 2. The number of aryl methyl sites for hydroxylation is 1. The molecule has 4 heteroatoms. The molecule has 0 saturated carbocycles. The zero-order chi connectivity index (χ0) is 13.8. The molecule has 102 valence electrons. The van der Waals surface area contributed by atoms with Gasteiger partial charge < -0.3 is 0 Å². The number of carbonyl (C=O) groups excluding carboxylic acids is 2. The van der Waals surface area contributed by atoms with Gasteiger partial charge in [-0.3, -0.25) is 19.8 Å². The highest BCUT2D eigenvalue weighted by molar-refractivity contribution is 6.01. The summed E-state index contributed by atoms with van der Waals surface area (Å²) in [6.07, 6.45) is 1.70. The smallest absolute Gasteiger partial charge is 0.246 e. The van der Waals surface area contributed by atoms with Gasteiger partial charge in [-0.1, -0.05) is 38.1 Å². The molecule has 0 bridgehead atoms. The van der Waals surface area contributed by atoms with Crippen LogP contribution in [0.5, 0.6) is 0 Å². The summed E-state index contributed by atoms with van der Waals surface area (Å²) in [7, 11) is 0. The summed E-state index contributed by atoms with van der Waals surface area (Å²) in [5.41, 5.74) is 2.25. The Morgan fingerprint density at radius 3 is 2.37 bits per heavy atom. The third kappa shape index (κ3) is 3.01. The summed E-state index contributed by atoms with van der Waals surface area (Å²) in [5, 5.41) is 2.96. The number of hydrogen-bond donors (Lipinski definition) is 1. The lowest BCUT2D eigenvalue weighted by Crippen LogP contribution is -2.57. The molecule has 4 nitrogen and oxygen atoms in total. The Labute approximate surface area is 113 Å². The van der Waals surface area contributed by atoms with Gasteiger partial charge in [-0.25, -0.2) is 0 Å². The molecule has 1 heterocycles. The summed E-state index contributed by atoms with van der Waals surface area (Å²) in [4.78, 5) is 25.3. The highest BCUT2D eigenvalue weighted by atomic mass is 16.2. The van der Waals surface area contributed by atoms with Crippen LogP contribution in [0.2, 0.25) is 0 Å². The van der Waals surface area contributed by atoms with E-state index in [1.54, 1.807) is 0 Å². The van der Waals surface area contributed by atoms with Gasteiger partial charge in [-0.15, -0.1) is 0 Å². The first-order valence-corrected chi connectivity index (χ1v) is 6.81. The van der Waals surface area contributed by atoms with E-state index < -0.39 is 0 Å². The van der Waals surface area contributed by atoms with Gasteiger partial charge in [0.15, 0.2) is 0 Å². The second kappa shape index (κ2) is 5.97. The van der Waals surface area contributed by atoms with Crippen molar-refractivity contribution in [2.75, 3.05) is 6.54 Å². The minimum absolute atomic E-state index is 0.113. The molecule has 1 aliphatic heterocycles. The zero-order valence-electron chi connectivity index (χ0n) is 11.5. The molecular formula is C15H20N2O2. The van der Waals surface area contributed by atoms with Crippen LogP contribution in [0.15, 0.2) is 24.3 Å². The molecule has 1 aromatic rings. The van der Waals surface area contributed by atoms with E-state index in [0.717, 1.165) is 12.0 Å². The fraction of sp³-hybridized carbons (Fsp3) is 0.467. The van der Waals surface area contributed by atoms with E-state index in [2.05, 4.69) is 12.2 Å². The molecule has 1 fully saturated rings. The van der Waals surface area contributed by atoms with Crippen LogP contribution in [0.4, 0.5) is 0 Å². The molecule has 1 N–H and O–H groups in total. The second-order valence-corrected chi connectivity index (χ2v) is 4.83. The van der Waals surface area contributed by atoms with Crippen LogP contribution >= 0.6 is 0 Å². The molecule has 0 radical (unpaired) electrons. The maximum atomic E-state index is 12.1. The molecule has 1 saturated heterocycles. The topological polar surface area (TPSA) is 49.4 Å². The maximum absolute atomic E-state index is 12.1. The fourth-order valence-electron chi connectivity index (χ4n) is 2.25. The van der Waals surface area contributed by atoms with Gasteiger partial charge in [0.2, 0.25) is 11.8 Å². The molecule has 1 aromatic carbocycles. The Kier molecular flexibility index (Phi) is 4.32. The minimum atomic E-state index is -0.229. The standard InChI is InChI=1S/C15H20N2O2/c1-3-11-5-7-12(8-6-11)10-17-14(18)9-16-13(4-2)15(17)19/h5-8,13,16H,3-4,9-10H2,1-2H3. The van der Waals surface area contributed by atoms with Crippen LogP contribution in [-0.4, -0.2) is 29.3 Å². The molecule has 1 aliphatic rings. The molecule has 2 amide bonds. The van der Waals surface area contributed by atoms with Crippen LogP contribution < -0.4 is 5.32 Å². The van der Waals surface area contributed by atoms with Crippen molar-refractivity contribution in [3.8, 4) is 0 Å². The van der Waals surface area contributed by atoms with Gasteiger partial charge in [0.05, 0.1) is 19.1 Å². The van der Waals surface area contributed by atoms with Gasteiger partial charge in [0, 0.05) is 0 Å². The van der Waals surface area contributed by atoms with Crippen molar-refractivity contribution in [1.29, 1.82) is 0 Å². The van der Waals surface area contributed by atoms with Gasteiger partial charge in [-0.2, -0.15) is 0 Å². The largest absolute Gasteiger partial charge is 0.297 e. The van der Waals surface area contributed by atoms with Gasteiger partial charge in [0.1, 0.15) is 0 Å². The molecular weight excluding hydrogens is 240 g/mol. The highest BCUT2D eigenvalue weighted by Crippen LogP contribution is 2.12. The number of carbonyl (C=O) groups is 2. The SMILES string of the molecule is CCc1ccc(CN2C(=O)CNC(CC)C2=O)cc1. The number of nitrogens with one attached hydrogen (secondary N) is 1. The lowest BCUT2D eigenvalue weighted by atomic mass is 10.1. The van der Waals surface area contributed by atoms with Crippen molar-refractivity contribution in [2.24, 2.45) is 0 Å². The molecule has 1 atom stereocenters.